The van der Waals surface area contributed by atoms with Crippen LogP contribution >= 0.6 is 0 Å². The highest BCUT2D eigenvalue weighted by Crippen LogP contribution is 2.45. The zero-order chi connectivity index (χ0) is 28.0. The molecule has 2 atom stereocenters. The zero-order valence-corrected chi connectivity index (χ0v) is 23.0. The van der Waals surface area contributed by atoms with Crippen LogP contribution in [0, 0.1) is 12.7 Å². The van der Waals surface area contributed by atoms with Crippen LogP contribution in [-0.4, -0.2) is 43.7 Å². The molecule has 0 spiro atoms. The van der Waals surface area contributed by atoms with Crippen molar-refractivity contribution in [3.63, 3.8) is 0 Å². The predicted molar refractivity (Wildman–Crippen MR) is 147 cm³/mol. The quantitative estimate of drug-likeness (QED) is 0.387. The average Bonchev–Trinajstić information content (AvgIpc) is 3.51. The van der Waals surface area contributed by atoms with Gasteiger partial charge in [0.25, 0.3) is 0 Å². The van der Waals surface area contributed by atoms with Crippen molar-refractivity contribution >= 4 is 15.8 Å². The lowest BCUT2D eigenvalue weighted by atomic mass is 9.93. The van der Waals surface area contributed by atoms with Gasteiger partial charge >= 0.3 is 5.97 Å². The Morgan fingerprint density at radius 1 is 1.05 bits per heavy atom. The summed E-state index contributed by atoms with van der Waals surface area (Å²) in [6, 6.07) is 14.5. The molecule has 0 saturated carbocycles. The Morgan fingerprint density at radius 2 is 1.85 bits per heavy atom. The highest BCUT2D eigenvalue weighted by Gasteiger charge is 2.32. The summed E-state index contributed by atoms with van der Waals surface area (Å²) in [6.45, 7) is 2.29. The maximum atomic E-state index is 15.2. The topological polar surface area (TPSA) is 99.1 Å². The van der Waals surface area contributed by atoms with E-state index in [1.807, 2.05) is 37.3 Å². The van der Waals surface area contributed by atoms with E-state index in [-0.39, 0.29) is 35.8 Å². The van der Waals surface area contributed by atoms with E-state index < -0.39 is 21.9 Å². The molecule has 1 fully saturated rings. The SMILES string of the molecule is Cc1c(OC2CCS(=O)(=O)CC2)cccc1-c1ccc(F)c2c1CCC2Oc1ccc2c(c1)OCC2CC(=O)O. The second kappa shape index (κ2) is 10.4. The van der Waals surface area contributed by atoms with Crippen molar-refractivity contribution in [3.8, 4) is 28.4 Å². The van der Waals surface area contributed by atoms with Crippen molar-refractivity contribution in [3.05, 3.63) is 76.6 Å². The molecule has 1 aliphatic carbocycles. The van der Waals surface area contributed by atoms with Gasteiger partial charge in [-0.1, -0.05) is 24.3 Å². The van der Waals surface area contributed by atoms with Crippen molar-refractivity contribution in [1.29, 1.82) is 0 Å². The number of carbonyl (C=O) groups is 1. The molecule has 6 rings (SSSR count). The first-order valence-electron chi connectivity index (χ1n) is 13.6. The van der Waals surface area contributed by atoms with Gasteiger partial charge < -0.3 is 19.3 Å². The molecule has 2 heterocycles. The van der Waals surface area contributed by atoms with Crippen LogP contribution in [0.15, 0.2) is 48.5 Å². The Bertz CT molecular complexity index is 1570. The Kier molecular flexibility index (Phi) is 6.94. The third kappa shape index (κ3) is 5.14. The van der Waals surface area contributed by atoms with Crippen LogP contribution in [0.4, 0.5) is 4.39 Å². The van der Waals surface area contributed by atoms with E-state index in [4.69, 9.17) is 19.3 Å². The number of aliphatic carboxylic acids is 1. The van der Waals surface area contributed by atoms with Crippen molar-refractivity contribution < 1.29 is 36.9 Å². The summed E-state index contributed by atoms with van der Waals surface area (Å²) in [5.41, 5.74) is 5.13. The van der Waals surface area contributed by atoms with Gasteiger partial charge in [0.1, 0.15) is 35.3 Å². The van der Waals surface area contributed by atoms with Gasteiger partial charge in [0, 0.05) is 23.1 Å². The standard InChI is InChI=1S/C31H31FO7S/c1-18-22(3-2-4-27(18)38-20-11-13-40(35,36)14-12-20)24-7-9-26(32)31-25(24)8-10-28(31)39-21-5-6-23-19(15-30(33)34)17-37-29(23)16-21/h2-7,9,16,19-20,28H,8,10-15,17H2,1H3,(H,33,34). The molecule has 1 saturated heterocycles. The van der Waals surface area contributed by atoms with Gasteiger partial charge in [0.05, 0.1) is 24.5 Å². The fourth-order valence-corrected chi connectivity index (χ4v) is 7.57. The highest BCUT2D eigenvalue weighted by atomic mass is 32.2. The lowest BCUT2D eigenvalue weighted by molar-refractivity contribution is -0.137. The molecule has 2 unspecified atom stereocenters. The highest BCUT2D eigenvalue weighted by molar-refractivity contribution is 7.91. The molecule has 40 heavy (non-hydrogen) atoms. The minimum atomic E-state index is -2.97. The van der Waals surface area contributed by atoms with E-state index in [0.717, 1.165) is 27.8 Å². The molecular formula is C31H31FO7S. The Balaban J connectivity index is 1.24. The number of hydrogen-bond acceptors (Lipinski definition) is 6. The van der Waals surface area contributed by atoms with E-state index >= 15 is 4.39 Å². The third-order valence-electron chi connectivity index (χ3n) is 8.22. The Labute approximate surface area is 232 Å². The van der Waals surface area contributed by atoms with Crippen molar-refractivity contribution in [2.24, 2.45) is 0 Å². The number of carboxylic acids is 1. The van der Waals surface area contributed by atoms with Crippen LogP contribution in [-0.2, 0) is 21.1 Å². The molecule has 3 aromatic rings. The Morgan fingerprint density at radius 3 is 2.62 bits per heavy atom. The summed E-state index contributed by atoms with van der Waals surface area (Å²) >= 11 is 0. The van der Waals surface area contributed by atoms with Crippen molar-refractivity contribution in [2.75, 3.05) is 18.1 Å². The van der Waals surface area contributed by atoms with Crippen LogP contribution in [0.5, 0.6) is 17.2 Å². The van der Waals surface area contributed by atoms with E-state index in [1.165, 1.54) is 6.07 Å². The Hall–Kier alpha value is -3.59. The zero-order valence-electron chi connectivity index (χ0n) is 22.2. The number of carboxylic acid groups (broad SMARTS) is 1. The van der Waals surface area contributed by atoms with Crippen molar-refractivity contribution in [1.82, 2.24) is 0 Å². The number of sulfone groups is 1. The van der Waals surface area contributed by atoms with Gasteiger partial charge in [0.15, 0.2) is 9.84 Å². The molecule has 0 aromatic heterocycles. The van der Waals surface area contributed by atoms with Gasteiger partial charge in [-0.2, -0.15) is 0 Å². The van der Waals surface area contributed by atoms with Crippen LogP contribution in [0.2, 0.25) is 0 Å². The summed E-state index contributed by atoms with van der Waals surface area (Å²) in [7, 11) is -2.97. The number of ether oxygens (including phenoxy) is 3. The van der Waals surface area contributed by atoms with Gasteiger partial charge in [-0.3, -0.25) is 4.79 Å². The van der Waals surface area contributed by atoms with Crippen LogP contribution < -0.4 is 14.2 Å². The van der Waals surface area contributed by atoms with Gasteiger partial charge in [-0.05, 0) is 73.1 Å². The molecule has 2 aliphatic heterocycles. The first-order chi connectivity index (χ1) is 19.2. The number of benzene rings is 3. The van der Waals surface area contributed by atoms with E-state index in [1.54, 1.807) is 12.1 Å². The summed E-state index contributed by atoms with van der Waals surface area (Å²) in [5, 5.41) is 9.15. The van der Waals surface area contributed by atoms with E-state index in [9.17, 15) is 13.2 Å². The smallest absolute Gasteiger partial charge is 0.304 e. The van der Waals surface area contributed by atoms with Crippen LogP contribution in [0.1, 0.15) is 60.0 Å². The maximum absolute atomic E-state index is 15.2. The molecule has 9 heteroatoms. The van der Waals surface area contributed by atoms with E-state index in [0.29, 0.717) is 55.1 Å². The molecule has 0 bridgehead atoms. The van der Waals surface area contributed by atoms with Crippen LogP contribution in [0.25, 0.3) is 11.1 Å². The van der Waals surface area contributed by atoms with E-state index in [2.05, 4.69) is 0 Å². The molecule has 210 valence electrons. The fraction of sp³-hybridized carbons (Fsp3) is 0.387. The minimum absolute atomic E-state index is 0.00537. The molecule has 0 amide bonds. The van der Waals surface area contributed by atoms with Crippen molar-refractivity contribution in [2.45, 2.75) is 57.2 Å². The largest absolute Gasteiger partial charge is 0.492 e. The number of hydrogen-bond donors (Lipinski definition) is 1. The number of rotatable bonds is 7. The average molecular weight is 567 g/mol. The third-order valence-corrected chi connectivity index (χ3v) is 9.93. The first-order valence-corrected chi connectivity index (χ1v) is 15.4. The van der Waals surface area contributed by atoms with Crippen LogP contribution in [0.3, 0.4) is 0 Å². The monoisotopic (exact) mass is 566 g/mol. The van der Waals surface area contributed by atoms with Gasteiger partial charge in [0.2, 0.25) is 0 Å². The summed E-state index contributed by atoms with van der Waals surface area (Å²) in [5.74, 6) is 0.789. The predicted octanol–water partition coefficient (Wildman–Crippen LogP) is 5.77. The summed E-state index contributed by atoms with van der Waals surface area (Å²) < 4.78 is 57.1. The maximum Gasteiger partial charge on any atom is 0.304 e. The first kappa shape index (κ1) is 26.6. The summed E-state index contributed by atoms with van der Waals surface area (Å²) in [4.78, 5) is 11.1. The second-order valence-corrected chi connectivity index (χ2v) is 13.1. The molecule has 0 radical (unpaired) electrons. The lowest BCUT2D eigenvalue weighted by Crippen LogP contribution is -2.30. The lowest BCUT2D eigenvalue weighted by Gasteiger charge is -2.25. The number of halogens is 1. The molecule has 7 nitrogen and oxygen atoms in total. The fourth-order valence-electron chi connectivity index (χ4n) is 6.12. The number of fused-ring (bicyclic) bond motifs is 2. The minimum Gasteiger partial charge on any atom is -0.492 e. The molecule has 3 aromatic carbocycles. The molecular weight excluding hydrogens is 535 g/mol. The van der Waals surface area contributed by atoms with Gasteiger partial charge in [-0.25, -0.2) is 12.8 Å². The van der Waals surface area contributed by atoms with Gasteiger partial charge in [-0.15, -0.1) is 0 Å². The molecule has 3 aliphatic rings. The normalized spacial score (nSPS) is 21.4. The molecule has 1 N–H and O–H groups in total. The summed E-state index contributed by atoms with van der Waals surface area (Å²) in [6.07, 6.45) is 1.62. The second-order valence-electron chi connectivity index (χ2n) is 10.8.